The number of fused-ring (bicyclic) bond motifs is 3. The van der Waals surface area contributed by atoms with Crippen LogP contribution in [-0.2, 0) is 22.9 Å². The van der Waals surface area contributed by atoms with E-state index in [9.17, 15) is 9.59 Å². The lowest BCUT2D eigenvalue weighted by molar-refractivity contribution is 0.0886. The highest BCUT2D eigenvalue weighted by Gasteiger charge is 2.22. The summed E-state index contributed by atoms with van der Waals surface area (Å²) in [5.74, 6) is -0.343. The molecule has 5 heterocycles. The Morgan fingerprint density at radius 3 is 1.82 bits per heavy atom. The van der Waals surface area contributed by atoms with Gasteiger partial charge in [-0.15, -0.1) is 0 Å². The van der Waals surface area contributed by atoms with Gasteiger partial charge in [-0.05, 0) is 73.9 Å². The van der Waals surface area contributed by atoms with Gasteiger partial charge in [-0.25, -0.2) is 19.9 Å². The van der Waals surface area contributed by atoms with Crippen LogP contribution in [-0.4, -0.2) is 92.5 Å². The summed E-state index contributed by atoms with van der Waals surface area (Å²) in [5.41, 5.74) is 5.37. The van der Waals surface area contributed by atoms with E-state index in [4.69, 9.17) is 26.1 Å². The number of hydrogen-bond donors (Lipinski definition) is 3. The number of H-pyrrole nitrogens is 1. The molecule has 306 valence electrons. The summed E-state index contributed by atoms with van der Waals surface area (Å²) in [7, 11) is -2.31. The van der Waals surface area contributed by atoms with Crippen molar-refractivity contribution in [2.75, 3.05) is 13.2 Å². The Labute approximate surface area is 349 Å². The Balaban J connectivity index is 0.000000230. The number of hydrogen-bond acceptors (Lipinski definition) is 9. The Bertz CT molecular complexity index is 2350. The van der Waals surface area contributed by atoms with Crippen LogP contribution in [0.4, 0.5) is 0 Å². The van der Waals surface area contributed by atoms with Crippen LogP contribution in [0.25, 0.3) is 44.6 Å². The smallest absolute Gasteiger partial charge is 0.255 e. The van der Waals surface area contributed by atoms with E-state index >= 15 is 0 Å². The maximum Gasteiger partial charge on any atom is 0.255 e. The van der Waals surface area contributed by atoms with Gasteiger partial charge in [0.2, 0.25) is 0 Å². The van der Waals surface area contributed by atoms with Crippen LogP contribution >= 0.6 is 27.5 Å². The van der Waals surface area contributed by atoms with Crippen molar-refractivity contribution in [3.8, 4) is 11.4 Å². The predicted molar refractivity (Wildman–Crippen MR) is 236 cm³/mol. The van der Waals surface area contributed by atoms with Crippen molar-refractivity contribution in [3.05, 3.63) is 63.7 Å². The zero-order valence-electron chi connectivity index (χ0n) is 34.5. The molecule has 14 nitrogen and oxygen atoms in total. The van der Waals surface area contributed by atoms with E-state index in [2.05, 4.69) is 91.0 Å². The number of halogens is 2. The third-order valence-corrected chi connectivity index (χ3v) is 12.7. The van der Waals surface area contributed by atoms with Crippen LogP contribution in [0.2, 0.25) is 56.4 Å². The zero-order chi connectivity index (χ0) is 41.7. The second-order valence-corrected chi connectivity index (χ2v) is 29.5. The summed E-state index contributed by atoms with van der Waals surface area (Å²) in [6.07, 6.45) is 6.84. The number of carbonyl (C=O) groups excluding carboxylic acids is 2. The van der Waals surface area contributed by atoms with Gasteiger partial charge in [-0.2, -0.15) is 5.10 Å². The van der Waals surface area contributed by atoms with Crippen molar-refractivity contribution in [1.29, 1.82) is 0 Å². The van der Waals surface area contributed by atoms with Gasteiger partial charge in [-0.3, -0.25) is 14.7 Å². The van der Waals surface area contributed by atoms with E-state index in [1.54, 1.807) is 24.8 Å². The van der Waals surface area contributed by atoms with Gasteiger partial charge in [0.05, 0.1) is 29.0 Å². The minimum atomic E-state index is -1.19. The number of aromatic amines is 1. The molecule has 0 radical (unpaired) electrons. The monoisotopic (exact) mass is 896 g/mol. The Kier molecular flexibility index (Phi) is 14.5. The lowest BCUT2D eigenvalue weighted by Gasteiger charge is -2.15. The van der Waals surface area contributed by atoms with Gasteiger partial charge < -0.3 is 29.2 Å². The molecule has 0 aliphatic heterocycles. The maximum atomic E-state index is 12.9. The van der Waals surface area contributed by atoms with Gasteiger partial charge in [0.1, 0.15) is 40.5 Å². The zero-order valence-corrected chi connectivity index (χ0v) is 38.8. The molecule has 0 spiro atoms. The standard InChI is InChI=1S/C23H29ClN6O2Si.C16H25BrN4O2Si/c1-14(2)26-23(31)17-12-30(13-32-8-9-33(3,4)5)22-21(17)27-19(11-25-22)20-16-7-6-15(24)10-18(16)28-29-20;1-11(2)19-16(22)12-9-21(10-23-6-7-24(3,4)5)15-14(12)20-13(17)8-18-15/h6-7,10-12,14H,8-9,13H2,1-5H3,(H,26,31)(H,28,29);8-9,11H,6-7,10H2,1-5H3,(H,19,22). The second-order valence-electron chi connectivity index (χ2n) is 17.0. The molecule has 0 atom stereocenters. The maximum absolute atomic E-state index is 12.9. The van der Waals surface area contributed by atoms with Gasteiger partial charge in [0, 0.05) is 64.2 Å². The SMILES string of the molecule is CC(C)NC(=O)c1cn(COCC[Si](C)(C)C)c2ncc(-c3n[nH]c4cc(Cl)ccc34)nc12.CC(C)NC(=O)c1cn(COCC[Si](C)(C)C)c2ncc(Br)nc12. The van der Waals surface area contributed by atoms with Gasteiger partial charge in [0.15, 0.2) is 11.3 Å². The quantitative estimate of drug-likeness (QED) is 0.0675. The number of nitrogens with zero attached hydrogens (tertiary/aromatic N) is 7. The Morgan fingerprint density at radius 1 is 0.807 bits per heavy atom. The largest absolute Gasteiger partial charge is 0.361 e. The number of rotatable bonds is 15. The summed E-state index contributed by atoms with van der Waals surface area (Å²) in [5, 5.41) is 14.8. The van der Waals surface area contributed by atoms with Crippen molar-refractivity contribution in [2.45, 2.75) is 105 Å². The van der Waals surface area contributed by atoms with Crippen LogP contribution < -0.4 is 10.6 Å². The molecule has 0 bridgehead atoms. The summed E-state index contributed by atoms with van der Waals surface area (Å²) in [6, 6.07) is 7.75. The van der Waals surface area contributed by atoms with Gasteiger partial charge in [0.25, 0.3) is 11.8 Å². The van der Waals surface area contributed by atoms with Crippen LogP contribution in [0, 0.1) is 0 Å². The average Bonchev–Trinajstić information content (AvgIpc) is 3.80. The van der Waals surface area contributed by atoms with Crippen LogP contribution in [0.5, 0.6) is 0 Å². The number of nitrogens with one attached hydrogen (secondary N) is 3. The molecule has 6 rings (SSSR count). The van der Waals surface area contributed by atoms with E-state index in [1.807, 2.05) is 55.0 Å². The highest BCUT2D eigenvalue weighted by atomic mass is 79.9. The predicted octanol–water partition coefficient (Wildman–Crippen LogP) is 8.72. The first-order chi connectivity index (χ1) is 26.8. The molecule has 2 amide bonds. The Morgan fingerprint density at radius 2 is 1.32 bits per heavy atom. The van der Waals surface area contributed by atoms with E-state index in [1.165, 1.54) is 0 Å². The van der Waals surface area contributed by atoms with E-state index in [0.29, 0.717) is 81.1 Å². The molecular formula is C39H54BrClN10O4Si2. The molecule has 0 fully saturated rings. The van der Waals surface area contributed by atoms with E-state index in [0.717, 1.165) is 23.0 Å². The fourth-order valence-corrected chi connectivity index (χ4v) is 7.64. The van der Waals surface area contributed by atoms with Crippen molar-refractivity contribution < 1.29 is 19.1 Å². The number of carbonyl (C=O) groups is 2. The van der Waals surface area contributed by atoms with E-state index < -0.39 is 16.1 Å². The fourth-order valence-electron chi connectivity index (χ4n) is 5.67. The Hall–Kier alpha value is -4.01. The average molecular weight is 898 g/mol. The van der Waals surface area contributed by atoms with Crippen molar-refractivity contribution in [1.82, 2.24) is 49.9 Å². The highest BCUT2D eigenvalue weighted by molar-refractivity contribution is 9.10. The summed E-state index contributed by atoms with van der Waals surface area (Å²) in [4.78, 5) is 43.6. The molecule has 0 unspecified atom stereocenters. The molecule has 6 aromatic rings. The second kappa shape index (κ2) is 18.7. The minimum absolute atomic E-state index is 0.0000636. The number of amides is 2. The molecular weight excluding hydrogens is 844 g/mol. The molecule has 5 aromatic heterocycles. The fraction of sp³-hybridized carbons (Fsp3) is 0.462. The first kappa shape index (κ1) is 44.1. The first-order valence-corrected chi connectivity index (χ1v) is 27.7. The first-order valence-electron chi connectivity index (χ1n) is 19.1. The number of aromatic nitrogens is 8. The van der Waals surface area contributed by atoms with Crippen molar-refractivity contribution in [3.63, 3.8) is 0 Å². The topological polar surface area (TPSA) is 167 Å². The van der Waals surface area contributed by atoms with Crippen LogP contribution in [0.1, 0.15) is 48.4 Å². The van der Waals surface area contributed by atoms with Crippen molar-refractivity contribution in [2.24, 2.45) is 0 Å². The summed E-state index contributed by atoms with van der Waals surface area (Å²) < 4.78 is 16.0. The van der Waals surface area contributed by atoms with Gasteiger partial charge in [-0.1, -0.05) is 50.9 Å². The molecule has 18 heteroatoms. The normalized spacial score (nSPS) is 12.2. The van der Waals surface area contributed by atoms with Crippen LogP contribution in [0.3, 0.4) is 0 Å². The van der Waals surface area contributed by atoms with Crippen LogP contribution in [0.15, 0.2) is 47.6 Å². The molecule has 0 aliphatic rings. The van der Waals surface area contributed by atoms with Crippen molar-refractivity contribution >= 4 is 88.7 Å². The minimum Gasteiger partial charge on any atom is -0.361 e. The van der Waals surface area contributed by atoms with E-state index in [-0.39, 0.29) is 23.9 Å². The molecule has 0 saturated carbocycles. The molecule has 1 aromatic carbocycles. The third-order valence-electron chi connectivity index (χ3n) is 8.65. The van der Waals surface area contributed by atoms with Gasteiger partial charge >= 0.3 is 0 Å². The third kappa shape index (κ3) is 12.0. The molecule has 57 heavy (non-hydrogen) atoms. The summed E-state index contributed by atoms with van der Waals surface area (Å²) >= 11 is 9.42. The number of ether oxygens (including phenoxy) is 2. The molecule has 0 aliphatic carbocycles. The highest BCUT2D eigenvalue weighted by Crippen LogP contribution is 2.29. The molecule has 3 N–H and O–H groups in total. The number of benzene rings is 1. The lowest BCUT2D eigenvalue weighted by atomic mass is 10.1. The molecule has 0 saturated heterocycles. The summed E-state index contributed by atoms with van der Waals surface area (Å²) in [6.45, 7) is 23.7. The lowest BCUT2D eigenvalue weighted by Crippen LogP contribution is -2.30.